The number of H-pyrrole nitrogens is 1. The van der Waals surface area contributed by atoms with E-state index in [0.29, 0.717) is 12.1 Å². The van der Waals surface area contributed by atoms with Crippen molar-refractivity contribution in [2.75, 3.05) is 6.54 Å². The number of piperidine rings is 1. The molecule has 0 amide bonds. The van der Waals surface area contributed by atoms with Crippen molar-refractivity contribution in [3.63, 3.8) is 0 Å². The maximum absolute atomic E-state index is 13.4. The smallest absolute Gasteiger partial charge is 0.253 e. The summed E-state index contributed by atoms with van der Waals surface area (Å²) in [4.78, 5) is 19.0. The van der Waals surface area contributed by atoms with Crippen LogP contribution in [-0.2, 0) is 6.42 Å². The van der Waals surface area contributed by atoms with Crippen LogP contribution in [0.5, 0.6) is 0 Å². The Bertz CT molecular complexity index is 1130. The van der Waals surface area contributed by atoms with Crippen molar-refractivity contribution < 1.29 is 0 Å². The highest BCUT2D eigenvalue weighted by atomic mass is 16.1. The minimum absolute atomic E-state index is 0.0392. The number of likely N-dealkylation sites (tertiary alicyclic amines) is 1. The quantitative estimate of drug-likeness (QED) is 0.637. The normalized spacial score (nSPS) is 21.8. The van der Waals surface area contributed by atoms with Gasteiger partial charge >= 0.3 is 0 Å². The molecule has 0 bridgehead atoms. The number of nitrogens with one attached hydrogen (secondary N) is 1. The van der Waals surface area contributed by atoms with E-state index in [2.05, 4.69) is 57.5 Å². The molecule has 2 aliphatic rings. The third-order valence-corrected chi connectivity index (χ3v) is 7.51. The number of aryl methyl sites for hydroxylation is 1. The lowest BCUT2D eigenvalue weighted by atomic mass is 9.93. The molecule has 2 atom stereocenters. The van der Waals surface area contributed by atoms with Crippen molar-refractivity contribution in [2.45, 2.75) is 89.8 Å². The first-order chi connectivity index (χ1) is 15.7. The van der Waals surface area contributed by atoms with Crippen LogP contribution in [0.1, 0.15) is 94.2 Å². The van der Waals surface area contributed by atoms with Crippen molar-refractivity contribution in [1.82, 2.24) is 30.1 Å². The van der Waals surface area contributed by atoms with Gasteiger partial charge in [-0.25, -0.2) is 4.68 Å². The third kappa shape index (κ3) is 3.98. The molecule has 170 valence electrons. The summed E-state index contributed by atoms with van der Waals surface area (Å²) in [6.45, 7) is 5.38. The minimum Gasteiger partial charge on any atom is -0.322 e. The van der Waals surface area contributed by atoms with Gasteiger partial charge in [-0.05, 0) is 85.1 Å². The minimum atomic E-state index is -0.236. The summed E-state index contributed by atoms with van der Waals surface area (Å²) < 4.78 is 2.04. The number of nitrogens with zero attached hydrogens (tertiary/aromatic N) is 5. The van der Waals surface area contributed by atoms with Crippen LogP contribution in [0.2, 0.25) is 0 Å². The zero-order valence-corrected chi connectivity index (χ0v) is 19.3. The predicted molar refractivity (Wildman–Crippen MR) is 126 cm³/mol. The second kappa shape index (κ2) is 9.14. The van der Waals surface area contributed by atoms with E-state index in [4.69, 9.17) is 0 Å². The molecule has 1 saturated carbocycles. The molecule has 3 aromatic rings. The topological polar surface area (TPSA) is 79.7 Å². The summed E-state index contributed by atoms with van der Waals surface area (Å²) in [6.07, 6.45) is 10.4. The number of hydrogen-bond donors (Lipinski definition) is 1. The Morgan fingerprint density at radius 1 is 1.09 bits per heavy atom. The molecule has 1 aliphatic heterocycles. The molecule has 3 heterocycles. The molecule has 1 saturated heterocycles. The molecule has 7 nitrogen and oxygen atoms in total. The van der Waals surface area contributed by atoms with Crippen LogP contribution in [-0.4, -0.2) is 42.7 Å². The van der Waals surface area contributed by atoms with Crippen molar-refractivity contribution >= 4 is 10.9 Å². The predicted octanol–water partition coefficient (Wildman–Crippen LogP) is 4.55. The fraction of sp³-hybridized carbons (Fsp3) is 0.600. The van der Waals surface area contributed by atoms with Crippen LogP contribution in [0.3, 0.4) is 0 Å². The summed E-state index contributed by atoms with van der Waals surface area (Å²) in [5.74, 6) is 0.821. The molecular weight excluding hydrogens is 400 g/mol. The summed E-state index contributed by atoms with van der Waals surface area (Å²) >= 11 is 0. The Morgan fingerprint density at radius 3 is 2.69 bits per heavy atom. The molecule has 1 aromatic carbocycles. The van der Waals surface area contributed by atoms with Crippen LogP contribution in [0.15, 0.2) is 29.1 Å². The zero-order valence-electron chi connectivity index (χ0n) is 19.3. The molecule has 2 fully saturated rings. The van der Waals surface area contributed by atoms with Gasteiger partial charge in [0, 0.05) is 17.1 Å². The third-order valence-electron chi connectivity index (χ3n) is 7.51. The Morgan fingerprint density at radius 2 is 1.91 bits per heavy atom. The molecule has 7 heteroatoms. The fourth-order valence-electron chi connectivity index (χ4n) is 5.63. The SMILES string of the molecule is CCc1ccc2[nH]c(=O)c([C@@H](c3nnnn3C3CCCCC3)N3CCCC[C@@H]3C)cc2c1. The first kappa shape index (κ1) is 21.3. The number of hydrogen-bond acceptors (Lipinski definition) is 5. The molecule has 32 heavy (non-hydrogen) atoms. The van der Waals surface area contributed by atoms with Gasteiger partial charge in [0.25, 0.3) is 5.56 Å². The number of pyridine rings is 1. The van der Waals surface area contributed by atoms with Gasteiger partial charge in [0.05, 0.1) is 6.04 Å². The number of rotatable bonds is 5. The highest BCUT2D eigenvalue weighted by Gasteiger charge is 2.35. The Hall–Kier alpha value is -2.54. The van der Waals surface area contributed by atoms with E-state index in [0.717, 1.165) is 60.9 Å². The van der Waals surface area contributed by atoms with E-state index in [1.54, 1.807) is 0 Å². The van der Waals surface area contributed by atoms with Crippen LogP contribution < -0.4 is 5.56 Å². The maximum atomic E-state index is 13.4. The lowest BCUT2D eigenvalue weighted by Gasteiger charge is -2.39. The molecule has 1 N–H and O–H groups in total. The van der Waals surface area contributed by atoms with Gasteiger partial charge in [-0.15, -0.1) is 5.10 Å². The standard InChI is InChI=1S/C25H34N6O/c1-3-18-12-13-22-19(15-18)16-21(25(32)26-22)23(30-14-8-7-9-17(30)2)24-27-28-29-31(24)20-10-5-4-6-11-20/h12-13,15-17,20,23H,3-11,14H2,1-2H3,(H,26,32)/t17-,23-/m0/s1. The number of benzene rings is 1. The number of fused-ring (bicyclic) bond motifs is 1. The molecule has 0 unspecified atom stereocenters. The van der Waals surface area contributed by atoms with Crippen LogP contribution >= 0.6 is 0 Å². The van der Waals surface area contributed by atoms with Gasteiger partial charge in [-0.2, -0.15) is 0 Å². The van der Waals surface area contributed by atoms with Gasteiger partial charge < -0.3 is 4.98 Å². The van der Waals surface area contributed by atoms with Crippen molar-refractivity contribution in [3.05, 3.63) is 51.6 Å². The molecule has 2 aromatic heterocycles. The van der Waals surface area contributed by atoms with E-state index >= 15 is 0 Å². The summed E-state index contributed by atoms with van der Waals surface area (Å²) in [7, 11) is 0. The largest absolute Gasteiger partial charge is 0.322 e. The van der Waals surface area contributed by atoms with Crippen molar-refractivity contribution in [2.24, 2.45) is 0 Å². The van der Waals surface area contributed by atoms with Gasteiger partial charge in [0.1, 0.15) is 6.04 Å². The Labute approximate surface area is 189 Å². The van der Waals surface area contributed by atoms with Gasteiger partial charge in [-0.3, -0.25) is 9.69 Å². The highest BCUT2D eigenvalue weighted by molar-refractivity contribution is 5.80. The first-order valence-electron chi connectivity index (χ1n) is 12.3. The Kier molecular flexibility index (Phi) is 6.09. The van der Waals surface area contributed by atoms with Crippen molar-refractivity contribution in [1.29, 1.82) is 0 Å². The molecule has 5 rings (SSSR count). The summed E-state index contributed by atoms with van der Waals surface area (Å²) in [5.41, 5.74) is 2.87. The fourth-order valence-corrected chi connectivity index (χ4v) is 5.63. The van der Waals surface area contributed by atoms with Gasteiger partial charge in [0.15, 0.2) is 5.82 Å². The molecular formula is C25H34N6O. The Balaban J connectivity index is 1.65. The van der Waals surface area contributed by atoms with Crippen LogP contribution in [0.4, 0.5) is 0 Å². The molecule has 0 spiro atoms. The van der Waals surface area contributed by atoms with Gasteiger partial charge in [-0.1, -0.05) is 38.7 Å². The average Bonchev–Trinajstić information content (AvgIpc) is 3.30. The van der Waals surface area contributed by atoms with E-state index < -0.39 is 0 Å². The molecule has 1 aliphatic carbocycles. The lowest BCUT2D eigenvalue weighted by molar-refractivity contribution is 0.114. The second-order valence-electron chi connectivity index (χ2n) is 9.59. The van der Waals surface area contributed by atoms with Crippen molar-refractivity contribution in [3.8, 4) is 0 Å². The number of aromatic amines is 1. The number of aromatic nitrogens is 5. The lowest BCUT2D eigenvalue weighted by Crippen LogP contribution is -2.43. The molecule has 0 radical (unpaired) electrons. The van der Waals surface area contributed by atoms with E-state index in [1.165, 1.54) is 31.2 Å². The average molecular weight is 435 g/mol. The maximum Gasteiger partial charge on any atom is 0.253 e. The monoisotopic (exact) mass is 434 g/mol. The number of tetrazole rings is 1. The zero-order chi connectivity index (χ0) is 22.1. The van der Waals surface area contributed by atoms with Gasteiger partial charge in [0.2, 0.25) is 0 Å². The van der Waals surface area contributed by atoms with E-state index in [9.17, 15) is 4.79 Å². The van der Waals surface area contributed by atoms with E-state index in [-0.39, 0.29) is 11.6 Å². The van der Waals surface area contributed by atoms with E-state index in [1.807, 2.05) is 10.7 Å². The van der Waals surface area contributed by atoms with Crippen LogP contribution in [0, 0.1) is 0 Å². The second-order valence-corrected chi connectivity index (χ2v) is 9.59. The summed E-state index contributed by atoms with van der Waals surface area (Å²) in [6, 6.07) is 8.84. The van der Waals surface area contributed by atoms with Crippen LogP contribution in [0.25, 0.3) is 10.9 Å². The first-order valence-corrected chi connectivity index (χ1v) is 12.3. The highest BCUT2D eigenvalue weighted by Crippen LogP contribution is 2.35. The summed E-state index contributed by atoms with van der Waals surface area (Å²) in [5, 5.41) is 14.2.